The number of carbonyl (C=O) groups is 2. The molecule has 164 valence electrons. The second kappa shape index (κ2) is 11.6. The predicted octanol–water partition coefficient (Wildman–Crippen LogP) is 3.72. The first-order valence-corrected chi connectivity index (χ1v) is 10.6. The molecule has 0 aliphatic heterocycles. The van der Waals surface area contributed by atoms with Crippen molar-refractivity contribution in [3.63, 3.8) is 0 Å². The van der Waals surface area contributed by atoms with Gasteiger partial charge >= 0.3 is 0 Å². The Balaban J connectivity index is 1.45. The van der Waals surface area contributed by atoms with Crippen molar-refractivity contribution in [1.29, 1.82) is 0 Å². The lowest BCUT2D eigenvalue weighted by atomic mass is 10.1. The molecule has 0 fully saturated rings. The molecule has 3 N–H and O–H groups in total. The molecule has 0 bridgehead atoms. The number of ether oxygens (including phenoxy) is 1. The zero-order valence-electron chi connectivity index (χ0n) is 17.8. The van der Waals surface area contributed by atoms with Gasteiger partial charge < -0.3 is 15.4 Å². The third-order valence-electron chi connectivity index (χ3n) is 4.70. The summed E-state index contributed by atoms with van der Waals surface area (Å²) < 4.78 is 5.75. The van der Waals surface area contributed by atoms with Crippen molar-refractivity contribution in [3.8, 4) is 5.75 Å². The van der Waals surface area contributed by atoms with Crippen LogP contribution in [0.1, 0.15) is 21.5 Å². The molecule has 0 heterocycles. The second-order valence-corrected chi connectivity index (χ2v) is 7.47. The Bertz CT molecular complexity index is 1050. The predicted molar refractivity (Wildman–Crippen MR) is 130 cm³/mol. The molecule has 0 atom stereocenters. The van der Waals surface area contributed by atoms with E-state index in [0.717, 1.165) is 17.7 Å². The first-order valence-electron chi connectivity index (χ1n) is 10.2. The van der Waals surface area contributed by atoms with Gasteiger partial charge in [0, 0.05) is 24.7 Å². The van der Waals surface area contributed by atoms with Gasteiger partial charge in [-0.25, -0.2) is 0 Å². The minimum absolute atomic E-state index is 0.0545. The molecule has 0 saturated carbocycles. The second-order valence-electron chi connectivity index (χ2n) is 7.06. The topological polar surface area (TPSA) is 79.5 Å². The monoisotopic (exact) mass is 447 g/mol. The van der Waals surface area contributed by atoms with E-state index in [2.05, 4.69) is 28.1 Å². The standard InChI is InChI=1S/C25H25N3O3S/c1-26-23(29)17-19-7-11-21(12-8-19)27-25(32)28-24(30)20-9-13-22(14-10-20)31-16-15-18-5-3-2-4-6-18/h2-14H,15-17H2,1H3,(H,26,29)(H2,27,28,30,32). The molecule has 7 heteroatoms. The van der Waals surface area contributed by atoms with Crippen molar-refractivity contribution in [3.05, 3.63) is 95.6 Å². The van der Waals surface area contributed by atoms with Crippen LogP contribution in [-0.2, 0) is 17.6 Å². The summed E-state index contributed by atoms with van der Waals surface area (Å²) in [4.78, 5) is 23.9. The van der Waals surface area contributed by atoms with Crippen LogP contribution in [-0.4, -0.2) is 30.6 Å². The van der Waals surface area contributed by atoms with E-state index in [1.165, 1.54) is 5.56 Å². The van der Waals surface area contributed by atoms with Gasteiger partial charge in [0.05, 0.1) is 13.0 Å². The Morgan fingerprint density at radius 3 is 2.22 bits per heavy atom. The van der Waals surface area contributed by atoms with Gasteiger partial charge in [0.2, 0.25) is 5.91 Å². The minimum Gasteiger partial charge on any atom is -0.493 e. The fourth-order valence-corrected chi connectivity index (χ4v) is 3.16. The van der Waals surface area contributed by atoms with Gasteiger partial charge in [-0.3, -0.25) is 14.9 Å². The SMILES string of the molecule is CNC(=O)Cc1ccc(NC(=S)NC(=O)c2ccc(OCCc3ccccc3)cc2)cc1. The molecule has 0 aliphatic carbocycles. The lowest BCUT2D eigenvalue weighted by molar-refractivity contribution is -0.119. The maximum Gasteiger partial charge on any atom is 0.257 e. The number of amides is 2. The number of hydrogen-bond acceptors (Lipinski definition) is 4. The number of thiocarbonyl (C=S) groups is 1. The van der Waals surface area contributed by atoms with Gasteiger partial charge in [-0.15, -0.1) is 0 Å². The highest BCUT2D eigenvalue weighted by molar-refractivity contribution is 7.80. The maximum absolute atomic E-state index is 12.4. The molecule has 6 nitrogen and oxygen atoms in total. The van der Waals surface area contributed by atoms with Crippen molar-refractivity contribution < 1.29 is 14.3 Å². The number of likely N-dealkylation sites (N-methyl/N-ethyl adjacent to an activating group) is 1. The van der Waals surface area contributed by atoms with Crippen LogP contribution < -0.4 is 20.7 Å². The van der Waals surface area contributed by atoms with Crippen LogP contribution >= 0.6 is 12.2 Å². The van der Waals surface area contributed by atoms with E-state index < -0.39 is 0 Å². The van der Waals surface area contributed by atoms with Gasteiger partial charge in [-0.05, 0) is 59.7 Å². The van der Waals surface area contributed by atoms with E-state index in [-0.39, 0.29) is 16.9 Å². The molecular formula is C25H25N3O3S. The van der Waals surface area contributed by atoms with Crippen LogP contribution in [0.25, 0.3) is 0 Å². The van der Waals surface area contributed by atoms with Crippen LogP contribution in [0.4, 0.5) is 5.69 Å². The lowest BCUT2D eigenvalue weighted by Crippen LogP contribution is -2.34. The first kappa shape index (κ1) is 23.0. The average Bonchev–Trinajstić information content (AvgIpc) is 2.81. The smallest absolute Gasteiger partial charge is 0.257 e. The van der Waals surface area contributed by atoms with Crippen LogP contribution in [0.3, 0.4) is 0 Å². The molecule has 3 rings (SSSR count). The fourth-order valence-electron chi connectivity index (χ4n) is 2.95. The van der Waals surface area contributed by atoms with Crippen molar-refractivity contribution in [2.45, 2.75) is 12.8 Å². The largest absolute Gasteiger partial charge is 0.493 e. The number of rotatable bonds is 8. The zero-order valence-corrected chi connectivity index (χ0v) is 18.6. The molecule has 32 heavy (non-hydrogen) atoms. The van der Waals surface area contributed by atoms with Gasteiger partial charge in [0.25, 0.3) is 5.91 Å². The Morgan fingerprint density at radius 1 is 0.875 bits per heavy atom. The molecular weight excluding hydrogens is 422 g/mol. The van der Waals surface area contributed by atoms with Gasteiger partial charge in [0.15, 0.2) is 5.11 Å². The normalized spacial score (nSPS) is 10.2. The number of hydrogen-bond donors (Lipinski definition) is 3. The summed E-state index contributed by atoms with van der Waals surface area (Å²) in [6, 6.07) is 24.3. The summed E-state index contributed by atoms with van der Waals surface area (Å²) in [6.07, 6.45) is 1.12. The first-order chi connectivity index (χ1) is 15.5. The molecule has 0 saturated heterocycles. The molecule has 0 aromatic heterocycles. The molecule has 3 aromatic rings. The van der Waals surface area contributed by atoms with Crippen molar-refractivity contribution in [2.75, 3.05) is 19.0 Å². The minimum atomic E-state index is -0.311. The van der Waals surface area contributed by atoms with Crippen LogP contribution in [0.5, 0.6) is 5.75 Å². The Morgan fingerprint density at radius 2 is 1.56 bits per heavy atom. The van der Waals surface area contributed by atoms with Gasteiger partial charge in [0.1, 0.15) is 5.75 Å². The Labute approximate surface area is 193 Å². The maximum atomic E-state index is 12.4. The highest BCUT2D eigenvalue weighted by atomic mass is 32.1. The van der Waals surface area contributed by atoms with Crippen molar-refractivity contribution >= 4 is 34.8 Å². The zero-order chi connectivity index (χ0) is 22.8. The molecule has 0 unspecified atom stereocenters. The van der Waals surface area contributed by atoms with E-state index in [4.69, 9.17) is 17.0 Å². The average molecular weight is 448 g/mol. The van der Waals surface area contributed by atoms with Crippen molar-refractivity contribution in [1.82, 2.24) is 10.6 Å². The number of carbonyl (C=O) groups excluding carboxylic acids is 2. The molecule has 0 aliphatic rings. The van der Waals surface area contributed by atoms with Crippen LogP contribution in [0.2, 0.25) is 0 Å². The fraction of sp³-hybridized carbons (Fsp3) is 0.160. The Hall–Kier alpha value is -3.71. The van der Waals surface area contributed by atoms with Crippen LogP contribution in [0, 0.1) is 0 Å². The molecule has 3 aromatic carbocycles. The van der Waals surface area contributed by atoms with E-state index in [1.54, 1.807) is 43.4 Å². The summed E-state index contributed by atoms with van der Waals surface area (Å²) in [5.41, 5.74) is 3.30. The van der Waals surface area contributed by atoms with Gasteiger partial charge in [-0.2, -0.15) is 0 Å². The quantitative estimate of drug-likeness (QED) is 0.459. The van der Waals surface area contributed by atoms with Gasteiger partial charge in [-0.1, -0.05) is 42.5 Å². The lowest BCUT2D eigenvalue weighted by Gasteiger charge is -2.11. The highest BCUT2D eigenvalue weighted by Crippen LogP contribution is 2.14. The molecule has 0 radical (unpaired) electrons. The van der Waals surface area contributed by atoms with Crippen LogP contribution in [0.15, 0.2) is 78.9 Å². The summed E-state index contributed by atoms with van der Waals surface area (Å²) in [7, 11) is 1.60. The van der Waals surface area contributed by atoms with E-state index >= 15 is 0 Å². The third-order valence-corrected chi connectivity index (χ3v) is 4.91. The van der Waals surface area contributed by atoms with E-state index in [1.807, 2.05) is 30.3 Å². The number of benzene rings is 3. The summed E-state index contributed by atoms with van der Waals surface area (Å²) >= 11 is 5.23. The third kappa shape index (κ3) is 7.21. The summed E-state index contributed by atoms with van der Waals surface area (Å²) in [5, 5.41) is 8.41. The van der Waals surface area contributed by atoms with Crippen molar-refractivity contribution in [2.24, 2.45) is 0 Å². The number of nitrogens with one attached hydrogen (secondary N) is 3. The summed E-state index contributed by atoms with van der Waals surface area (Å²) in [5.74, 6) is 0.339. The highest BCUT2D eigenvalue weighted by Gasteiger charge is 2.09. The summed E-state index contributed by atoms with van der Waals surface area (Å²) in [6.45, 7) is 0.561. The Kier molecular flexibility index (Phi) is 8.34. The van der Waals surface area contributed by atoms with E-state index in [9.17, 15) is 9.59 Å². The number of anilines is 1. The van der Waals surface area contributed by atoms with E-state index in [0.29, 0.717) is 24.3 Å². The molecule has 0 spiro atoms. The molecule has 2 amide bonds.